The third-order valence-corrected chi connectivity index (χ3v) is 4.05. The molecule has 0 unspecified atom stereocenters. The van der Waals surface area contributed by atoms with Crippen LogP contribution in [0.5, 0.6) is 5.75 Å². The molecule has 5 nitrogen and oxygen atoms in total. The van der Waals surface area contributed by atoms with Gasteiger partial charge in [0.1, 0.15) is 5.75 Å². The van der Waals surface area contributed by atoms with E-state index in [0.717, 1.165) is 42.1 Å². The molecule has 1 aliphatic carbocycles. The highest BCUT2D eigenvalue weighted by Crippen LogP contribution is 2.42. The van der Waals surface area contributed by atoms with Crippen LogP contribution in [0.4, 0.5) is 0 Å². The summed E-state index contributed by atoms with van der Waals surface area (Å²) in [5, 5.41) is 30.2. The van der Waals surface area contributed by atoms with Crippen molar-refractivity contribution in [1.82, 2.24) is 5.06 Å². The van der Waals surface area contributed by atoms with Crippen molar-refractivity contribution in [2.45, 2.75) is 31.8 Å². The molecule has 0 bridgehead atoms. The van der Waals surface area contributed by atoms with Gasteiger partial charge in [0.05, 0.1) is 16.4 Å². The van der Waals surface area contributed by atoms with Crippen molar-refractivity contribution in [2.24, 2.45) is 10.2 Å². The first kappa shape index (κ1) is 13.7. The van der Waals surface area contributed by atoms with Crippen LogP contribution in [0.15, 0.2) is 33.8 Å². The molecule has 0 saturated carbocycles. The zero-order valence-electron chi connectivity index (χ0n) is 10.6. The Morgan fingerprint density at radius 3 is 2.75 bits per heavy atom. The molecule has 0 radical (unpaired) electrons. The van der Waals surface area contributed by atoms with Gasteiger partial charge in [0.15, 0.2) is 6.17 Å². The second-order valence-electron chi connectivity index (χ2n) is 4.86. The molecule has 0 amide bonds. The molecular formula is C13H13Cl2N3O2. The number of allylic oxidation sites excluding steroid dienone is 2. The Labute approximate surface area is 126 Å². The van der Waals surface area contributed by atoms with Gasteiger partial charge in [-0.3, -0.25) is 5.21 Å². The number of phenols is 1. The van der Waals surface area contributed by atoms with E-state index in [1.165, 1.54) is 12.1 Å². The summed E-state index contributed by atoms with van der Waals surface area (Å²) in [6, 6.07) is 2.97. The predicted octanol–water partition coefficient (Wildman–Crippen LogP) is 4.64. The highest BCUT2D eigenvalue weighted by molar-refractivity contribution is 6.35. The fourth-order valence-electron chi connectivity index (χ4n) is 2.53. The summed E-state index contributed by atoms with van der Waals surface area (Å²) in [7, 11) is 0. The molecule has 7 heteroatoms. The van der Waals surface area contributed by atoms with E-state index in [1.54, 1.807) is 0 Å². The second kappa shape index (κ2) is 5.24. The van der Waals surface area contributed by atoms with Gasteiger partial charge in [-0.25, -0.2) is 5.06 Å². The topological polar surface area (TPSA) is 68.4 Å². The van der Waals surface area contributed by atoms with Gasteiger partial charge in [0, 0.05) is 10.6 Å². The molecule has 0 aromatic heterocycles. The molecule has 20 heavy (non-hydrogen) atoms. The normalized spacial score (nSPS) is 22.1. The molecule has 2 aliphatic rings. The zero-order valence-corrected chi connectivity index (χ0v) is 12.1. The average Bonchev–Trinajstić information content (AvgIpc) is 2.44. The van der Waals surface area contributed by atoms with Gasteiger partial charge in [-0.1, -0.05) is 23.2 Å². The van der Waals surface area contributed by atoms with E-state index in [4.69, 9.17) is 23.2 Å². The van der Waals surface area contributed by atoms with Crippen LogP contribution in [0.2, 0.25) is 10.0 Å². The summed E-state index contributed by atoms with van der Waals surface area (Å²) in [5.41, 5.74) is 1.90. The lowest BCUT2D eigenvalue weighted by atomic mass is 10.00. The van der Waals surface area contributed by atoms with E-state index in [9.17, 15) is 10.3 Å². The number of hydrogen-bond acceptors (Lipinski definition) is 5. The standard InChI is InChI=1S/C13H13Cl2N3O2/c14-7-5-8(12(19)9(15)6-7)13-17-16-10-3-1-2-4-11(10)18(13)20/h5-6,13,19-20H,1-4H2/t13-/m1/s1. The Morgan fingerprint density at radius 1 is 1.20 bits per heavy atom. The van der Waals surface area contributed by atoms with Gasteiger partial charge in [0.25, 0.3) is 0 Å². The predicted molar refractivity (Wildman–Crippen MR) is 74.8 cm³/mol. The number of aromatic hydroxyl groups is 1. The number of rotatable bonds is 1. The van der Waals surface area contributed by atoms with Crippen LogP contribution in [0, 0.1) is 0 Å². The molecule has 1 heterocycles. The zero-order chi connectivity index (χ0) is 14.3. The van der Waals surface area contributed by atoms with Gasteiger partial charge < -0.3 is 5.11 Å². The van der Waals surface area contributed by atoms with Crippen molar-refractivity contribution in [1.29, 1.82) is 0 Å². The quantitative estimate of drug-likeness (QED) is 0.793. The first-order chi connectivity index (χ1) is 9.58. The lowest BCUT2D eigenvalue weighted by Gasteiger charge is -2.32. The van der Waals surface area contributed by atoms with Gasteiger partial charge in [-0.15, -0.1) is 0 Å². The number of azo groups is 1. The van der Waals surface area contributed by atoms with E-state index in [0.29, 0.717) is 10.6 Å². The molecule has 0 spiro atoms. The summed E-state index contributed by atoms with van der Waals surface area (Å²) in [6.07, 6.45) is 2.79. The van der Waals surface area contributed by atoms with Crippen molar-refractivity contribution in [2.75, 3.05) is 0 Å². The van der Waals surface area contributed by atoms with Crippen LogP contribution in [0.1, 0.15) is 37.4 Å². The van der Waals surface area contributed by atoms with Crippen molar-refractivity contribution in [3.8, 4) is 5.75 Å². The molecule has 1 aromatic carbocycles. The van der Waals surface area contributed by atoms with Crippen molar-refractivity contribution < 1.29 is 10.3 Å². The van der Waals surface area contributed by atoms with Crippen molar-refractivity contribution in [3.63, 3.8) is 0 Å². The lowest BCUT2D eigenvalue weighted by molar-refractivity contribution is -0.104. The number of hydrogen-bond donors (Lipinski definition) is 2. The third kappa shape index (κ3) is 2.26. The largest absolute Gasteiger partial charge is 0.506 e. The number of phenolic OH excluding ortho intramolecular Hbond substituents is 1. The molecule has 1 aliphatic heterocycles. The Balaban J connectivity index is 2.01. The van der Waals surface area contributed by atoms with E-state index in [-0.39, 0.29) is 10.8 Å². The summed E-state index contributed by atoms with van der Waals surface area (Å²) in [4.78, 5) is 0. The minimum Gasteiger partial charge on any atom is -0.506 e. The highest BCUT2D eigenvalue weighted by Gasteiger charge is 2.31. The maximum absolute atomic E-state index is 10.3. The van der Waals surface area contributed by atoms with Crippen molar-refractivity contribution >= 4 is 23.2 Å². The Hall–Kier alpha value is -1.30. The fraction of sp³-hybridized carbons (Fsp3) is 0.385. The summed E-state index contributed by atoms with van der Waals surface area (Å²) < 4.78 is 0. The minimum absolute atomic E-state index is 0.125. The van der Waals surface area contributed by atoms with Crippen LogP contribution in [0.25, 0.3) is 0 Å². The van der Waals surface area contributed by atoms with Crippen LogP contribution < -0.4 is 0 Å². The Kier molecular flexibility index (Phi) is 3.58. The van der Waals surface area contributed by atoms with Gasteiger partial charge >= 0.3 is 0 Å². The fourth-order valence-corrected chi connectivity index (χ4v) is 3.03. The summed E-state index contributed by atoms with van der Waals surface area (Å²) in [6.45, 7) is 0. The van der Waals surface area contributed by atoms with E-state index in [1.807, 2.05) is 0 Å². The maximum Gasteiger partial charge on any atom is 0.195 e. The lowest BCUT2D eigenvalue weighted by Crippen LogP contribution is -2.28. The number of halogens is 2. The Bertz CT molecular complexity index is 616. The Morgan fingerprint density at radius 2 is 1.95 bits per heavy atom. The number of hydroxylamine groups is 2. The van der Waals surface area contributed by atoms with Crippen LogP contribution in [-0.2, 0) is 0 Å². The van der Waals surface area contributed by atoms with E-state index >= 15 is 0 Å². The molecule has 3 rings (SSSR count). The van der Waals surface area contributed by atoms with Crippen LogP contribution >= 0.6 is 23.2 Å². The molecule has 1 aromatic rings. The van der Waals surface area contributed by atoms with E-state index in [2.05, 4.69) is 10.2 Å². The number of nitrogens with zero attached hydrogens (tertiary/aromatic N) is 3. The SMILES string of the molecule is Oc1c(Cl)cc(Cl)cc1[C@@H]1N=NC2=C(CCCC2)N1O. The first-order valence-corrected chi connectivity index (χ1v) is 7.12. The van der Waals surface area contributed by atoms with Gasteiger partial charge in [0.2, 0.25) is 0 Å². The molecule has 106 valence electrons. The number of benzene rings is 1. The molecule has 1 atom stereocenters. The second-order valence-corrected chi connectivity index (χ2v) is 5.70. The average molecular weight is 314 g/mol. The monoisotopic (exact) mass is 313 g/mol. The molecule has 2 N–H and O–H groups in total. The van der Waals surface area contributed by atoms with Gasteiger partial charge in [-0.05, 0) is 37.8 Å². The maximum atomic E-state index is 10.3. The van der Waals surface area contributed by atoms with Crippen LogP contribution in [-0.4, -0.2) is 15.4 Å². The third-order valence-electron chi connectivity index (χ3n) is 3.54. The molecule has 0 saturated heterocycles. The van der Waals surface area contributed by atoms with Crippen molar-refractivity contribution in [3.05, 3.63) is 39.1 Å². The van der Waals surface area contributed by atoms with Crippen LogP contribution in [0.3, 0.4) is 0 Å². The molecular weight excluding hydrogens is 301 g/mol. The smallest absolute Gasteiger partial charge is 0.195 e. The molecule has 0 fully saturated rings. The summed E-state index contributed by atoms with van der Waals surface area (Å²) in [5.74, 6) is -0.140. The first-order valence-electron chi connectivity index (χ1n) is 6.37. The minimum atomic E-state index is -0.817. The summed E-state index contributed by atoms with van der Waals surface area (Å²) >= 11 is 11.9. The highest BCUT2D eigenvalue weighted by atomic mass is 35.5. The van der Waals surface area contributed by atoms with Gasteiger partial charge in [-0.2, -0.15) is 10.2 Å². The van der Waals surface area contributed by atoms with E-state index < -0.39 is 6.17 Å².